The molecule has 178 valence electrons. The number of nitrogens with zero attached hydrogens (tertiary/aromatic N) is 2. The van der Waals surface area contributed by atoms with Crippen molar-refractivity contribution in [1.82, 2.24) is 15.2 Å². The van der Waals surface area contributed by atoms with Crippen LogP contribution < -0.4 is 11.1 Å². The summed E-state index contributed by atoms with van der Waals surface area (Å²) in [6.45, 7) is 1.29. The predicted octanol–water partition coefficient (Wildman–Crippen LogP) is 2.04. The van der Waals surface area contributed by atoms with Crippen LogP contribution in [0, 0.1) is 0 Å². The molecular weight excluding hydrogens is 440 g/mol. The highest BCUT2D eigenvalue weighted by molar-refractivity contribution is 5.98. The summed E-state index contributed by atoms with van der Waals surface area (Å²) in [6, 6.07) is 17.2. The summed E-state index contributed by atoms with van der Waals surface area (Å²) < 4.78 is 0. The number of fused-ring (bicyclic) bond motifs is 3. The third kappa shape index (κ3) is 2.47. The van der Waals surface area contributed by atoms with Gasteiger partial charge in [0, 0.05) is 42.5 Å². The summed E-state index contributed by atoms with van der Waals surface area (Å²) in [6.07, 6.45) is 1.78. The Balaban J connectivity index is 1.28. The van der Waals surface area contributed by atoms with Crippen LogP contribution in [0.4, 0.5) is 5.82 Å². The van der Waals surface area contributed by atoms with Crippen LogP contribution in [-0.2, 0) is 30.2 Å². The van der Waals surface area contributed by atoms with Crippen LogP contribution in [0.5, 0.6) is 5.75 Å². The van der Waals surface area contributed by atoms with E-state index in [1.165, 1.54) is 5.56 Å². The van der Waals surface area contributed by atoms with Crippen molar-refractivity contribution in [3.05, 3.63) is 88.1 Å². The van der Waals surface area contributed by atoms with Gasteiger partial charge in [0.05, 0.1) is 17.2 Å². The lowest BCUT2D eigenvalue weighted by Gasteiger charge is -2.61. The Bertz CT molecular complexity index is 1410. The number of aromatic nitrogens is 1. The lowest BCUT2D eigenvalue weighted by atomic mass is 9.55. The number of phenols is 1. The van der Waals surface area contributed by atoms with Crippen molar-refractivity contribution >= 4 is 11.7 Å². The number of pyridine rings is 1. The first kappa shape index (κ1) is 20.9. The van der Waals surface area contributed by atoms with E-state index in [-0.39, 0.29) is 28.9 Å². The van der Waals surface area contributed by atoms with Gasteiger partial charge in [-0.15, -0.1) is 0 Å². The molecule has 2 bridgehead atoms. The van der Waals surface area contributed by atoms with E-state index in [2.05, 4.69) is 17.3 Å². The minimum atomic E-state index is -1.01. The Morgan fingerprint density at radius 3 is 2.74 bits per heavy atom. The third-order valence-corrected chi connectivity index (χ3v) is 9.14. The van der Waals surface area contributed by atoms with Gasteiger partial charge in [-0.1, -0.05) is 36.4 Å². The van der Waals surface area contributed by atoms with E-state index in [9.17, 15) is 15.0 Å². The minimum absolute atomic E-state index is 0.00639. The number of hydrogen-bond acceptors (Lipinski definition) is 6. The summed E-state index contributed by atoms with van der Waals surface area (Å²) in [5.74, 6) is 0.157. The number of carbonyl (C=O) groups is 1. The van der Waals surface area contributed by atoms with Crippen molar-refractivity contribution in [3.63, 3.8) is 0 Å². The van der Waals surface area contributed by atoms with E-state index in [1.54, 1.807) is 6.07 Å². The lowest BCUT2D eigenvalue weighted by molar-refractivity contribution is -0.126. The average Bonchev–Trinajstić information content (AvgIpc) is 3.20. The molecule has 1 saturated carbocycles. The van der Waals surface area contributed by atoms with Crippen molar-refractivity contribution in [1.29, 1.82) is 0 Å². The summed E-state index contributed by atoms with van der Waals surface area (Å²) in [5, 5.41) is 25.7. The molecule has 7 rings (SSSR count). The van der Waals surface area contributed by atoms with E-state index in [1.807, 2.05) is 48.5 Å². The smallest absolute Gasteiger partial charge is 0.255 e. The van der Waals surface area contributed by atoms with Crippen molar-refractivity contribution in [2.75, 3.05) is 19.3 Å². The van der Waals surface area contributed by atoms with Gasteiger partial charge < -0.3 is 21.3 Å². The number of nitrogen functional groups attached to an aromatic ring is 1. The molecule has 2 heterocycles. The maximum absolute atomic E-state index is 13.0. The number of anilines is 1. The highest BCUT2D eigenvalue weighted by atomic mass is 16.3. The number of nitrogens with one attached hydrogen (secondary N) is 1. The maximum atomic E-state index is 13.0. The second kappa shape index (κ2) is 6.62. The number of likely N-dealkylation sites (N-methyl/N-ethyl adjacent to an activating group) is 1. The minimum Gasteiger partial charge on any atom is -0.508 e. The molecule has 5 N–H and O–H groups in total. The average molecular weight is 469 g/mol. The van der Waals surface area contributed by atoms with Crippen LogP contribution in [-0.4, -0.2) is 51.2 Å². The molecule has 1 saturated heterocycles. The zero-order valence-electron chi connectivity index (χ0n) is 19.6. The molecule has 1 amide bonds. The number of amides is 1. The predicted molar refractivity (Wildman–Crippen MR) is 131 cm³/mol. The molecule has 3 unspecified atom stereocenters. The van der Waals surface area contributed by atoms with Gasteiger partial charge in [0.25, 0.3) is 5.91 Å². The maximum Gasteiger partial charge on any atom is 0.255 e. The second-order valence-corrected chi connectivity index (χ2v) is 10.9. The number of benzene rings is 2. The fraction of sp³-hybridized carbons (Fsp3) is 0.357. The van der Waals surface area contributed by atoms with Crippen LogP contribution in [0.2, 0.25) is 0 Å². The molecule has 1 aromatic heterocycles. The van der Waals surface area contributed by atoms with Gasteiger partial charge in [-0.3, -0.25) is 9.69 Å². The molecule has 2 aromatic carbocycles. The fourth-order valence-electron chi connectivity index (χ4n) is 8.00. The van der Waals surface area contributed by atoms with E-state index in [0.717, 1.165) is 35.3 Å². The van der Waals surface area contributed by atoms with E-state index >= 15 is 0 Å². The number of aromatic hydroxyl groups is 1. The van der Waals surface area contributed by atoms with Gasteiger partial charge in [0.1, 0.15) is 11.6 Å². The molecule has 7 nitrogen and oxygen atoms in total. The number of carbonyl (C=O) groups excluding carboxylic acids is 1. The van der Waals surface area contributed by atoms with Gasteiger partial charge in [-0.05, 0) is 53.9 Å². The standard InChI is InChI=1S/C28H28N4O3/c1-32-15-26-14-27(21-10-18(33)7-8-20(21)26)12-22-17(11-28(27,35)25(26)32)9-19(23(29)31-22)24(34)30-13-16-5-3-2-4-6-16/h2-10,25,33,35H,11-15H2,1H3,(H2,29,31)(H,30,34)/t25?,26-,27?,28?/m0/s1. The number of hydrogen-bond donors (Lipinski definition) is 4. The SMILES string of the molecule is CN1C[C@]23CC4(Cc5nc(N)c(C(=O)NCc6ccccc6)cc5CC4(O)C12)c1cc(O)ccc13. The number of rotatable bonds is 3. The van der Waals surface area contributed by atoms with E-state index < -0.39 is 11.0 Å². The van der Waals surface area contributed by atoms with E-state index in [0.29, 0.717) is 24.9 Å². The Hall–Kier alpha value is -3.42. The Morgan fingerprint density at radius 1 is 1.17 bits per heavy atom. The molecule has 1 aliphatic heterocycles. The monoisotopic (exact) mass is 468 g/mol. The quantitative estimate of drug-likeness (QED) is 0.468. The first-order valence-corrected chi connectivity index (χ1v) is 12.1. The van der Waals surface area contributed by atoms with Gasteiger partial charge in [-0.25, -0.2) is 4.98 Å². The van der Waals surface area contributed by atoms with Crippen LogP contribution in [0.3, 0.4) is 0 Å². The molecule has 4 atom stereocenters. The number of nitrogens with two attached hydrogens (primary N) is 1. The summed E-state index contributed by atoms with van der Waals surface area (Å²) in [7, 11) is 2.07. The zero-order chi connectivity index (χ0) is 24.2. The first-order chi connectivity index (χ1) is 16.8. The number of aliphatic hydroxyl groups is 1. The van der Waals surface area contributed by atoms with E-state index in [4.69, 9.17) is 10.7 Å². The Morgan fingerprint density at radius 2 is 1.97 bits per heavy atom. The Kier molecular flexibility index (Phi) is 3.95. The van der Waals surface area contributed by atoms with Gasteiger partial charge >= 0.3 is 0 Å². The molecule has 7 heteroatoms. The zero-order valence-corrected chi connectivity index (χ0v) is 19.6. The van der Waals surface area contributed by atoms with Crippen molar-refractivity contribution in [2.24, 2.45) is 0 Å². The van der Waals surface area contributed by atoms with Crippen molar-refractivity contribution in [3.8, 4) is 5.75 Å². The van der Waals surface area contributed by atoms with Crippen LogP contribution in [0.15, 0.2) is 54.6 Å². The van der Waals surface area contributed by atoms with Crippen molar-refractivity contribution < 1.29 is 15.0 Å². The molecular formula is C28H28N4O3. The topological polar surface area (TPSA) is 112 Å². The third-order valence-electron chi connectivity index (χ3n) is 9.14. The molecule has 4 aliphatic rings. The van der Waals surface area contributed by atoms with Crippen LogP contribution >= 0.6 is 0 Å². The second-order valence-electron chi connectivity index (χ2n) is 10.9. The number of likely N-dealkylation sites (tertiary alicyclic amines) is 1. The van der Waals surface area contributed by atoms with Crippen molar-refractivity contribution in [2.45, 2.75) is 48.3 Å². The Labute approximate surface area is 203 Å². The molecule has 35 heavy (non-hydrogen) atoms. The molecule has 0 radical (unpaired) electrons. The van der Waals surface area contributed by atoms with Gasteiger partial charge in [0.15, 0.2) is 0 Å². The molecule has 2 spiro atoms. The highest BCUT2D eigenvalue weighted by Crippen LogP contribution is 2.72. The number of phenolic OH excluding ortho intramolecular Hbond substituents is 1. The molecule has 3 aromatic rings. The molecule has 2 fully saturated rings. The summed E-state index contributed by atoms with van der Waals surface area (Å²) in [5.41, 5.74) is 10.00. The van der Waals surface area contributed by atoms with Gasteiger partial charge in [-0.2, -0.15) is 0 Å². The summed E-state index contributed by atoms with van der Waals surface area (Å²) >= 11 is 0. The lowest BCUT2D eigenvalue weighted by Crippen LogP contribution is -2.74. The molecule has 3 aliphatic carbocycles. The normalized spacial score (nSPS) is 31.7. The first-order valence-electron chi connectivity index (χ1n) is 12.1. The fourth-order valence-corrected chi connectivity index (χ4v) is 8.00. The van der Waals surface area contributed by atoms with Crippen LogP contribution in [0.1, 0.15) is 44.7 Å². The summed E-state index contributed by atoms with van der Waals surface area (Å²) in [4.78, 5) is 20.0. The van der Waals surface area contributed by atoms with Crippen LogP contribution in [0.25, 0.3) is 0 Å². The van der Waals surface area contributed by atoms with Gasteiger partial charge in [0.2, 0.25) is 0 Å². The largest absolute Gasteiger partial charge is 0.508 e. The highest BCUT2D eigenvalue weighted by Gasteiger charge is 2.80.